The molecule has 3 rings (SSSR count). The summed E-state index contributed by atoms with van der Waals surface area (Å²) in [5.41, 5.74) is -0.821. The van der Waals surface area contributed by atoms with Crippen LogP contribution < -0.4 is 4.74 Å². The largest absolute Gasteiger partial charge is 0.491 e. The fraction of sp³-hybridized carbons (Fsp3) is 0.519. The van der Waals surface area contributed by atoms with E-state index < -0.39 is 17.9 Å². The number of hydrogen-bond acceptors (Lipinski definition) is 5. The Balaban J connectivity index is 1.81. The molecule has 1 N–H and O–H groups in total. The molecule has 1 aliphatic heterocycles. The fourth-order valence-electron chi connectivity index (χ4n) is 4.35. The van der Waals surface area contributed by atoms with Gasteiger partial charge in [-0.15, -0.1) is 0 Å². The summed E-state index contributed by atoms with van der Waals surface area (Å²) in [7, 11) is 0. The van der Waals surface area contributed by atoms with Crippen LogP contribution in [0.15, 0.2) is 48.5 Å². The van der Waals surface area contributed by atoms with Gasteiger partial charge in [-0.1, -0.05) is 24.3 Å². The molecule has 2 aromatic carbocycles. The third kappa shape index (κ3) is 7.15. The second-order valence-electron chi connectivity index (χ2n) is 9.69. The maximum Gasteiger partial charge on any atom is 0.410 e. The van der Waals surface area contributed by atoms with Crippen molar-refractivity contribution in [2.75, 3.05) is 39.6 Å². The molecule has 192 valence electrons. The maximum absolute atomic E-state index is 13.7. The summed E-state index contributed by atoms with van der Waals surface area (Å²) in [5, 5.41) is 12.2. The summed E-state index contributed by atoms with van der Waals surface area (Å²) in [4.78, 5) is 14.2. The summed E-state index contributed by atoms with van der Waals surface area (Å²) < 4.78 is 42.2. The fourth-order valence-corrected chi connectivity index (χ4v) is 4.35. The lowest BCUT2D eigenvalue weighted by Crippen LogP contribution is -2.47. The van der Waals surface area contributed by atoms with E-state index in [0.717, 1.165) is 0 Å². The Morgan fingerprint density at radius 2 is 1.71 bits per heavy atom. The second kappa shape index (κ2) is 11.8. The van der Waals surface area contributed by atoms with Gasteiger partial charge in [-0.25, -0.2) is 13.6 Å². The topological polar surface area (TPSA) is 68.2 Å². The molecule has 1 atom stereocenters. The summed E-state index contributed by atoms with van der Waals surface area (Å²) >= 11 is 0. The smallest absolute Gasteiger partial charge is 0.410 e. The number of halogens is 2. The molecule has 0 spiro atoms. The lowest BCUT2D eigenvalue weighted by Gasteiger charge is -2.42. The number of carbonyl (C=O) groups excluding carboxylic acids is 1. The van der Waals surface area contributed by atoms with Crippen molar-refractivity contribution >= 4 is 6.09 Å². The zero-order chi connectivity index (χ0) is 25.5. The first-order valence-corrected chi connectivity index (χ1v) is 12.0. The number of rotatable bonds is 9. The number of likely N-dealkylation sites (tertiary alicyclic amines) is 1. The summed E-state index contributed by atoms with van der Waals surface area (Å²) in [5.74, 6) is -0.0749. The lowest BCUT2D eigenvalue weighted by molar-refractivity contribution is -0.0239. The number of carbonyl (C=O) groups is 1. The number of aliphatic hydroxyl groups is 1. The molecule has 35 heavy (non-hydrogen) atoms. The summed E-state index contributed by atoms with van der Waals surface area (Å²) in [6, 6.07) is 13.0. The molecule has 6 nitrogen and oxygen atoms in total. The standard InChI is InChI=1S/C27H35F2NO5/c1-26(2,3)35-25(31)30-14-11-21(12-15-30)27(32,20-7-9-23(29)10-8-20)22-5-4-6-24(19-22)34-18-17-33-16-13-28/h4-10,19,21,32H,11-18H2,1-3H3. The van der Waals surface area contributed by atoms with Crippen molar-refractivity contribution in [3.8, 4) is 5.75 Å². The van der Waals surface area contributed by atoms with E-state index in [-0.39, 0.29) is 37.6 Å². The van der Waals surface area contributed by atoms with Crippen molar-refractivity contribution in [1.82, 2.24) is 4.90 Å². The Morgan fingerprint density at radius 1 is 1.03 bits per heavy atom. The minimum Gasteiger partial charge on any atom is -0.491 e. The van der Waals surface area contributed by atoms with Gasteiger partial charge in [-0.05, 0) is 74.9 Å². The van der Waals surface area contributed by atoms with Gasteiger partial charge in [0, 0.05) is 13.1 Å². The third-order valence-electron chi connectivity index (χ3n) is 6.01. The van der Waals surface area contributed by atoms with Crippen LogP contribution >= 0.6 is 0 Å². The lowest BCUT2D eigenvalue weighted by atomic mass is 9.72. The Labute approximate surface area is 205 Å². The number of hydrogen-bond donors (Lipinski definition) is 1. The molecule has 1 heterocycles. The highest BCUT2D eigenvalue weighted by atomic mass is 19.1. The van der Waals surface area contributed by atoms with Gasteiger partial charge in [0.1, 0.15) is 36.1 Å². The van der Waals surface area contributed by atoms with Gasteiger partial charge >= 0.3 is 6.09 Å². The van der Waals surface area contributed by atoms with Crippen molar-refractivity contribution < 1.29 is 32.9 Å². The van der Waals surface area contributed by atoms with E-state index >= 15 is 0 Å². The van der Waals surface area contributed by atoms with Gasteiger partial charge in [0.05, 0.1) is 13.2 Å². The first-order valence-electron chi connectivity index (χ1n) is 12.0. The Bertz CT molecular complexity index is 955. The van der Waals surface area contributed by atoms with Gasteiger partial charge in [-0.3, -0.25) is 0 Å². The molecule has 1 amide bonds. The number of ether oxygens (including phenoxy) is 3. The molecule has 0 saturated carbocycles. The van der Waals surface area contributed by atoms with Crippen molar-refractivity contribution in [3.63, 3.8) is 0 Å². The van der Waals surface area contributed by atoms with Crippen LogP contribution in [0.5, 0.6) is 5.75 Å². The van der Waals surface area contributed by atoms with E-state index in [4.69, 9.17) is 14.2 Å². The van der Waals surface area contributed by atoms with Crippen LogP contribution in [-0.4, -0.2) is 61.3 Å². The van der Waals surface area contributed by atoms with E-state index in [0.29, 0.717) is 42.8 Å². The van der Waals surface area contributed by atoms with Crippen LogP contribution in [0, 0.1) is 11.7 Å². The number of nitrogens with zero attached hydrogens (tertiary/aromatic N) is 1. The highest BCUT2D eigenvalue weighted by molar-refractivity contribution is 5.68. The monoisotopic (exact) mass is 491 g/mol. The molecule has 0 bridgehead atoms. The van der Waals surface area contributed by atoms with Crippen LogP contribution in [0.1, 0.15) is 44.7 Å². The molecule has 1 fully saturated rings. The van der Waals surface area contributed by atoms with Crippen LogP contribution in [0.3, 0.4) is 0 Å². The van der Waals surface area contributed by atoms with Gasteiger partial charge in [0.15, 0.2) is 0 Å². The Morgan fingerprint density at radius 3 is 2.34 bits per heavy atom. The van der Waals surface area contributed by atoms with Gasteiger partial charge in [0.25, 0.3) is 0 Å². The number of amides is 1. The normalized spacial score (nSPS) is 16.6. The number of piperidine rings is 1. The Hall–Kier alpha value is -2.71. The van der Waals surface area contributed by atoms with E-state index in [1.165, 1.54) is 12.1 Å². The van der Waals surface area contributed by atoms with Crippen LogP contribution in [0.25, 0.3) is 0 Å². The molecule has 1 unspecified atom stereocenters. The molecule has 1 saturated heterocycles. The summed E-state index contributed by atoms with van der Waals surface area (Å²) in [6.45, 7) is 6.32. The quantitative estimate of drug-likeness (QED) is 0.496. The van der Waals surface area contributed by atoms with Crippen molar-refractivity contribution in [1.29, 1.82) is 0 Å². The summed E-state index contributed by atoms with van der Waals surface area (Å²) in [6.07, 6.45) is 0.705. The third-order valence-corrected chi connectivity index (χ3v) is 6.01. The predicted octanol–water partition coefficient (Wildman–Crippen LogP) is 5.07. The molecular formula is C27H35F2NO5. The van der Waals surface area contributed by atoms with Crippen molar-refractivity contribution in [2.45, 2.75) is 44.8 Å². The molecule has 0 aromatic heterocycles. The van der Waals surface area contributed by atoms with Crippen molar-refractivity contribution in [2.24, 2.45) is 5.92 Å². The first kappa shape index (κ1) is 26.9. The number of alkyl halides is 1. The molecular weight excluding hydrogens is 456 g/mol. The average Bonchev–Trinajstić information content (AvgIpc) is 2.83. The number of benzene rings is 2. The first-order chi connectivity index (χ1) is 16.6. The Kier molecular flexibility index (Phi) is 9.08. The molecule has 0 radical (unpaired) electrons. The van der Waals surface area contributed by atoms with E-state index in [9.17, 15) is 18.7 Å². The zero-order valence-corrected chi connectivity index (χ0v) is 20.6. The van der Waals surface area contributed by atoms with Crippen molar-refractivity contribution in [3.05, 3.63) is 65.5 Å². The molecule has 2 aromatic rings. The molecule has 0 aliphatic carbocycles. The molecule has 8 heteroatoms. The minimum absolute atomic E-state index is 0.0235. The predicted molar refractivity (Wildman–Crippen MR) is 129 cm³/mol. The SMILES string of the molecule is CC(C)(C)OC(=O)N1CCC(C(O)(c2ccc(F)cc2)c2cccc(OCCOCCF)c2)CC1. The van der Waals surface area contributed by atoms with Gasteiger partial charge in [-0.2, -0.15) is 0 Å². The van der Waals surface area contributed by atoms with Crippen LogP contribution in [0.4, 0.5) is 13.6 Å². The highest BCUT2D eigenvalue weighted by Gasteiger charge is 2.43. The van der Waals surface area contributed by atoms with Crippen LogP contribution in [-0.2, 0) is 15.1 Å². The highest BCUT2D eigenvalue weighted by Crippen LogP contribution is 2.43. The van der Waals surface area contributed by atoms with Gasteiger partial charge < -0.3 is 24.2 Å². The second-order valence-corrected chi connectivity index (χ2v) is 9.69. The average molecular weight is 492 g/mol. The van der Waals surface area contributed by atoms with E-state index in [2.05, 4.69) is 0 Å². The molecule has 1 aliphatic rings. The minimum atomic E-state index is -1.42. The van der Waals surface area contributed by atoms with E-state index in [1.54, 1.807) is 35.2 Å². The van der Waals surface area contributed by atoms with E-state index in [1.807, 2.05) is 26.8 Å². The maximum atomic E-state index is 13.7. The van der Waals surface area contributed by atoms with Crippen LogP contribution in [0.2, 0.25) is 0 Å². The van der Waals surface area contributed by atoms with Gasteiger partial charge in [0.2, 0.25) is 0 Å². The zero-order valence-electron chi connectivity index (χ0n) is 20.6.